The van der Waals surface area contributed by atoms with Gasteiger partial charge in [-0.25, -0.2) is 4.98 Å². The summed E-state index contributed by atoms with van der Waals surface area (Å²) in [6.07, 6.45) is 5.51. The number of imidazole rings is 1. The molecule has 1 aromatic heterocycles. The van der Waals surface area contributed by atoms with Crippen LogP contribution in [0.3, 0.4) is 0 Å². The molecular weight excluding hydrogens is 378 g/mol. The highest BCUT2D eigenvalue weighted by Crippen LogP contribution is 2.17. The van der Waals surface area contributed by atoms with Crippen molar-refractivity contribution in [1.82, 2.24) is 24.3 Å². The van der Waals surface area contributed by atoms with Crippen LogP contribution in [-0.4, -0.2) is 81.9 Å². The molecule has 7 heteroatoms. The zero-order chi connectivity index (χ0) is 20.9. The topological polar surface area (TPSA) is 61.7 Å². The molecule has 2 aliphatic rings. The van der Waals surface area contributed by atoms with E-state index in [9.17, 15) is 9.59 Å². The Bertz CT molecular complexity index is 877. The van der Waals surface area contributed by atoms with Crippen LogP contribution < -0.4 is 0 Å². The van der Waals surface area contributed by atoms with Gasteiger partial charge >= 0.3 is 0 Å². The number of aromatic nitrogens is 2. The number of hydrogen-bond acceptors (Lipinski definition) is 4. The first-order valence-electron chi connectivity index (χ1n) is 11.4. The van der Waals surface area contributed by atoms with Crippen LogP contribution in [0.5, 0.6) is 0 Å². The summed E-state index contributed by atoms with van der Waals surface area (Å²) in [6, 6.07) is 7.99. The molecule has 2 amide bonds. The lowest BCUT2D eigenvalue weighted by molar-refractivity contribution is -0.135. The van der Waals surface area contributed by atoms with Gasteiger partial charge in [0.15, 0.2) is 0 Å². The maximum atomic E-state index is 13.0. The normalized spacial score (nSPS) is 18.6. The first kappa shape index (κ1) is 20.8. The number of likely N-dealkylation sites (tertiary alicyclic amines) is 1. The lowest BCUT2D eigenvalue weighted by Crippen LogP contribution is -2.52. The van der Waals surface area contributed by atoms with Gasteiger partial charge in [-0.3, -0.25) is 14.5 Å². The molecule has 3 heterocycles. The number of hydrogen-bond donors (Lipinski definition) is 0. The molecule has 2 aliphatic heterocycles. The summed E-state index contributed by atoms with van der Waals surface area (Å²) in [6.45, 7) is 7.56. The van der Waals surface area contributed by atoms with Crippen LogP contribution in [0.15, 0.2) is 24.3 Å². The molecule has 1 aromatic carbocycles. The van der Waals surface area contributed by atoms with Gasteiger partial charge in [0.25, 0.3) is 0 Å². The van der Waals surface area contributed by atoms with Crippen LogP contribution in [0.25, 0.3) is 11.0 Å². The Kier molecular flexibility index (Phi) is 6.67. The lowest BCUT2D eigenvalue weighted by Gasteiger charge is -2.35. The Morgan fingerprint density at radius 2 is 1.47 bits per heavy atom. The molecular formula is C23H33N5O2. The van der Waals surface area contributed by atoms with Crippen molar-refractivity contribution in [2.75, 3.05) is 45.8 Å². The van der Waals surface area contributed by atoms with Crippen LogP contribution in [0, 0.1) is 0 Å². The third-order valence-corrected chi connectivity index (χ3v) is 6.39. The molecule has 2 fully saturated rings. The minimum absolute atomic E-state index is 0.131. The van der Waals surface area contributed by atoms with Crippen molar-refractivity contribution in [2.45, 2.75) is 45.6 Å². The van der Waals surface area contributed by atoms with E-state index in [4.69, 9.17) is 0 Å². The molecule has 162 valence electrons. The quantitative estimate of drug-likeness (QED) is 0.756. The minimum Gasteiger partial charge on any atom is -0.342 e. The molecule has 0 spiro atoms. The molecule has 0 radical (unpaired) electrons. The van der Waals surface area contributed by atoms with E-state index in [-0.39, 0.29) is 11.8 Å². The predicted octanol–water partition coefficient (Wildman–Crippen LogP) is 2.15. The number of carbonyl (C=O) groups excluding carboxylic acids is 2. The SMILES string of the molecule is CCc1nc2ccccc2n1CC(=O)N1CCN(CC(=O)N2CCCCCC2)CC1. The minimum atomic E-state index is 0.131. The Hall–Kier alpha value is -2.41. The Labute approximate surface area is 178 Å². The molecule has 2 saturated heterocycles. The van der Waals surface area contributed by atoms with Gasteiger partial charge in [0.2, 0.25) is 11.8 Å². The molecule has 0 saturated carbocycles. The van der Waals surface area contributed by atoms with Gasteiger partial charge in [0.1, 0.15) is 12.4 Å². The van der Waals surface area contributed by atoms with Crippen LogP contribution in [0.4, 0.5) is 0 Å². The summed E-state index contributed by atoms with van der Waals surface area (Å²) in [5, 5.41) is 0. The molecule has 2 aromatic rings. The van der Waals surface area contributed by atoms with E-state index in [0.29, 0.717) is 26.2 Å². The zero-order valence-electron chi connectivity index (χ0n) is 18.1. The van der Waals surface area contributed by atoms with Gasteiger partial charge in [-0.1, -0.05) is 31.9 Å². The average molecular weight is 412 g/mol. The van der Waals surface area contributed by atoms with Crippen molar-refractivity contribution in [2.24, 2.45) is 0 Å². The number of benzene rings is 1. The van der Waals surface area contributed by atoms with Crippen molar-refractivity contribution >= 4 is 22.8 Å². The second-order valence-corrected chi connectivity index (χ2v) is 8.41. The van der Waals surface area contributed by atoms with E-state index in [2.05, 4.69) is 16.8 Å². The number of piperazine rings is 1. The standard InChI is InChI=1S/C23H33N5O2/c1-2-21-24-19-9-5-6-10-20(19)28(21)18-23(30)27-15-13-25(14-16-27)17-22(29)26-11-7-3-4-8-12-26/h5-6,9-10H,2-4,7-8,11-18H2,1H3. The van der Waals surface area contributed by atoms with Crippen molar-refractivity contribution in [3.05, 3.63) is 30.1 Å². The van der Waals surface area contributed by atoms with Crippen molar-refractivity contribution < 1.29 is 9.59 Å². The number of para-hydroxylation sites is 2. The van der Waals surface area contributed by atoms with Crippen molar-refractivity contribution in [3.63, 3.8) is 0 Å². The van der Waals surface area contributed by atoms with Crippen molar-refractivity contribution in [1.29, 1.82) is 0 Å². The van der Waals surface area contributed by atoms with Crippen molar-refractivity contribution in [3.8, 4) is 0 Å². The van der Waals surface area contributed by atoms with E-state index in [1.807, 2.05) is 38.6 Å². The zero-order valence-corrected chi connectivity index (χ0v) is 18.1. The van der Waals surface area contributed by atoms with Crippen LogP contribution in [0.1, 0.15) is 38.4 Å². The first-order valence-corrected chi connectivity index (χ1v) is 11.4. The highest BCUT2D eigenvalue weighted by atomic mass is 16.2. The fourth-order valence-corrected chi connectivity index (χ4v) is 4.57. The molecule has 30 heavy (non-hydrogen) atoms. The summed E-state index contributed by atoms with van der Waals surface area (Å²) in [5.41, 5.74) is 1.96. The second kappa shape index (κ2) is 9.60. The molecule has 0 N–H and O–H groups in total. The smallest absolute Gasteiger partial charge is 0.242 e. The third kappa shape index (κ3) is 4.67. The van der Waals surface area contributed by atoms with E-state index < -0.39 is 0 Å². The fourth-order valence-electron chi connectivity index (χ4n) is 4.57. The highest BCUT2D eigenvalue weighted by molar-refractivity contribution is 5.81. The number of amides is 2. The fraction of sp³-hybridized carbons (Fsp3) is 0.609. The number of rotatable bonds is 5. The van der Waals surface area contributed by atoms with Crippen LogP contribution in [0.2, 0.25) is 0 Å². The largest absolute Gasteiger partial charge is 0.342 e. The van der Waals surface area contributed by atoms with Gasteiger partial charge in [-0.2, -0.15) is 0 Å². The maximum absolute atomic E-state index is 13.0. The third-order valence-electron chi connectivity index (χ3n) is 6.39. The maximum Gasteiger partial charge on any atom is 0.242 e. The van der Waals surface area contributed by atoms with E-state index >= 15 is 0 Å². The molecule has 7 nitrogen and oxygen atoms in total. The van der Waals surface area contributed by atoms with Crippen LogP contribution in [-0.2, 0) is 22.6 Å². The molecule has 0 atom stereocenters. The predicted molar refractivity (Wildman–Crippen MR) is 117 cm³/mol. The van der Waals surface area contributed by atoms with Gasteiger partial charge in [-0.15, -0.1) is 0 Å². The number of carbonyl (C=O) groups is 2. The Morgan fingerprint density at radius 3 is 2.17 bits per heavy atom. The van der Waals surface area contributed by atoms with E-state index in [1.54, 1.807) is 0 Å². The lowest BCUT2D eigenvalue weighted by atomic mass is 10.2. The number of fused-ring (bicyclic) bond motifs is 1. The number of aryl methyl sites for hydroxylation is 1. The summed E-state index contributed by atoms with van der Waals surface area (Å²) in [4.78, 5) is 36.4. The molecule has 0 unspecified atom stereocenters. The summed E-state index contributed by atoms with van der Waals surface area (Å²) >= 11 is 0. The Morgan fingerprint density at radius 1 is 0.833 bits per heavy atom. The van der Waals surface area contributed by atoms with E-state index in [0.717, 1.165) is 62.3 Å². The number of nitrogens with zero attached hydrogens (tertiary/aromatic N) is 5. The average Bonchev–Trinajstić information content (AvgIpc) is 2.93. The first-order chi connectivity index (χ1) is 14.7. The Balaban J connectivity index is 1.31. The second-order valence-electron chi connectivity index (χ2n) is 8.41. The summed E-state index contributed by atoms with van der Waals surface area (Å²) in [7, 11) is 0. The molecule has 0 bridgehead atoms. The summed E-state index contributed by atoms with van der Waals surface area (Å²) in [5.74, 6) is 1.33. The van der Waals surface area contributed by atoms with Crippen LogP contribution >= 0.6 is 0 Å². The summed E-state index contributed by atoms with van der Waals surface area (Å²) < 4.78 is 2.05. The highest BCUT2D eigenvalue weighted by Gasteiger charge is 2.25. The van der Waals surface area contributed by atoms with Gasteiger partial charge in [0, 0.05) is 45.7 Å². The van der Waals surface area contributed by atoms with Gasteiger partial charge in [-0.05, 0) is 25.0 Å². The molecule has 4 rings (SSSR count). The molecule has 0 aliphatic carbocycles. The monoisotopic (exact) mass is 411 g/mol. The van der Waals surface area contributed by atoms with Gasteiger partial charge in [0.05, 0.1) is 17.6 Å². The van der Waals surface area contributed by atoms with Gasteiger partial charge < -0.3 is 14.4 Å². The van der Waals surface area contributed by atoms with E-state index in [1.165, 1.54) is 12.8 Å².